The fourth-order valence-electron chi connectivity index (χ4n) is 2.43. The lowest BCUT2D eigenvalue weighted by Gasteiger charge is -2.09. The molecule has 0 saturated carbocycles. The molecule has 2 N–H and O–H groups in total. The van der Waals surface area contributed by atoms with Gasteiger partial charge in [0.2, 0.25) is 5.95 Å². The van der Waals surface area contributed by atoms with Gasteiger partial charge < -0.3 is 15.4 Å². The molecule has 0 unspecified atom stereocenters. The highest BCUT2D eigenvalue weighted by molar-refractivity contribution is 5.57. The van der Waals surface area contributed by atoms with E-state index in [4.69, 9.17) is 4.74 Å². The van der Waals surface area contributed by atoms with Crippen LogP contribution in [0.15, 0.2) is 60.8 Å². The largest absolute Gasteiger partial charge is 0.494 e. The van der Waals surface area contributed by atoms with E-state index >= 15 is 0 Å². The van der Waals surface area contributed by atoms with Gasteiger partial charge in [0.05, 0.1) is 6.61 Å². The molecule has 2 aromatic carbocycles. The van der Waals surface area contributed by atoms with Crippen molar-refractivity contribution in [2.45, 2.75) is 13.3 Å². The maximum Gasteiger partial charge on any atom is 0.224 e. The zero-order chi connectivity index (χ0) is 18.2. The molecule has 0 aliphatic rings. The Morgan fingerprint density at radius 1 is 1.00 bits per heavy atom. The summed E-state index contributed by atoms with van der Waals surface area (Å²) in [5, 5.41) is 6.42. The predicted molar refractivity (Wildman–Crippen MR) is 102 cm³/mol. The minimum absolute atomic E-state index is 0.224. The van der Waals surface area contributed by atoms with Crippen molar-refractivity contribution in [1.29, 1.82) is 0 Å². The first kappa shape index (κ1) is 17.7. The van der Waals surface area contributed by atoms with Crippen LogP contribution >= 0.6 is 0 Å². The molecule has 0 amide bonds. The Balaban J connectivity index is 1.54. The normalized spacial score (nSPS) is 10.4. The Bertz CT molecular complexity index is 822. The SMILES string of the molecule is CCOc1ccc(Nc2ccnc(NCCc3ccc(F)cc3)n2)cc1. The van der Waals surface area contributed by atoms with E-state index in [0.29, 0.717) is 24.9 Å². The Labute approximate surface area is 152 Å². The highest BCUT2D eigenvalue weighted by Crippen LogP contribution is 2.19. The van der Waals surface area contributed by atoms with Crippen molar-refractivity contribution in [2.24, 2.45) is 0 Å². The Morgan fingerprint density at radius 2 is 1.77 bits per heavy atom. The zero-order valence-electron chi connectivity index (χ0n) is 14.6. The first-order chi connectivity index (χ1) is 12.7. The molecule has 3 aromatic rings. The molecule has 3 rings (SSSR count). The number of ether oxygens (including phenoxy) is 1. The lowest BCUT2D eigenvalue weighted by atomic mass is 10.1. The summed E-state index contributed by atoms with van der Waals surface area (Å²) < 4.78 is 18.3. The Morgan fingerprint density at radius 3 is 2.50 bits per heavy atom. The maximum atomic E-state index is 12.9. The van der Waals surface area contributed by atoms with Crippen molar-refractivity contribution < 1.29 is 9.13 Å². The van der Waals surface area contributed by atoms with Gasteiger partial charge in [-0.3, -0.25) is 0 Å². The molecule has 1 heterocycles. The van der Waals surface area contributed by atoms with E-state index in [1.807, 2.05) is 37.3 Å². The van der Waals surface area contributed by atoms with Gasteiger partial charge in [-0.25, -0.2) is 9.37 Å². The average molecular weight is 352 g/mol. The first-order valence-electron chi connectivity index (χ1n) is 8.54. The number of anilines is 3. The Hall–Kier alpha value is -3.15. The molecule has 1 aromatic heterocycles. The van der Waals surface area contributed by atoms with Crippen LogP contribution in [-0.2, 0) is 6.42 Å². The van der Waals surface area contributed by atoms with Gasteiger partial charge in [-0.1, -0.05) is 12.1 Å². The summed E-state index contributed by atoms with van der Waals surface area (Å²) in [7, 11) is 0. The van der Waals surface area contributed by atoms with E-state index in [9.17, 15) is 4.39 Å². The summed E-state index contributed by atoms with van der Waals surface area (Å²) in [4.78, 5) is 8.67. The highest BCUT2D eigenvalue weighted by Gasteiger charge is 2.01. The third-order valence-corrected chi connectivity index (χ3v) is 3.70. The second-order valence-corrected chi connectivity index (χ2v) is 5.65. The van der Waals surface area contributed by atoms with E-state index in [-0.39, 0.29) is 5.82 Å². The summed E-state index contributed by atoms with van der Waals surface area (Å²) in [6.45, 7) is 3.27. The maximum absolute atomic E-state index is 12.9. The van der Waals surface area contributed by atoms with Crippen molar-refractivity contribution in [2.75, 3.05) is 23.8 Å². The van der Waals surface area contributed by atoms with Crippen LogP contribution in [0.25, 0.3) is 0 Å². The van der Waals surface area contributed by atoms with Crippen molar-refractivity contribution in [3.63, 3.8) is 0 Å². The lowest BCUT2D eigenvalue weighted by Crippen LogP contribution is -2.08. The second-order valence-electron chi connectivity index (χ2n) is 5.65. The molecule has 0 atom stereocenters. The van der Waals surface area contributed by atoms with Crippen LogP contribution in [0.5, 0.6) is 5.75 Å². The molecule has 0 aliphatic carbocycles. The third kappa shape index (κ3) is 5.17. The van der Waals surface area contributed by atoms with E-state index in [0.717, 1.165) is 23.4 Å². The summed E-state index contributed by atoms with van der Waals surface area (Å²) in [5.41, 5.74) is 1.98. The number of benzene rings is 2. The smallest absolute Gasteiger partial charge is 0.224 e. The van der Waals surface area contributed by atoms with Crippen molar-refractivity contribution in [3.05, 3.63) is 72.2 Å². The molecule has 6 heteroatoms. The molecule has 0 aliphatic heterocycles. The van der Waals surface area contributed by atoms with Gasteiger partial charge in [0.25, 0.3) is 0 Å². The van der Waals surface area contributed by atoms with E-state index in [1.54, 1.807) is 18.3 Å². The molecule has 0 bridgehead atoms. The van der Waals surface area contributed by atoms with Gasteiger partial charge in [-0.2, -0.15) is 4.98 Å². The van der Waals surface area contributed by atoms with Crippen molar-refractivity contribution in [3.8, 4) is 5.75 Å². The molecule has 0 spiro atoms. The number of nitrogens with one attached hydrogen (secondary N) is 2. The van der Waals surface area contributed by atoms with E-state index in [1.165, 1.54) is 12.1 Å². The van der Waals surface area contributed by atoms with Crippen LogP contribution in [0.4, 0.5) is 21.8 Å². The minimum atomic E-state index is -0.224. The van der Waals surface area contributed by atoms with Crippen LogP contribution in [0.3, 0.4) is 0 Å². The minimum Gasteiger partial charge on any atom is -0.494 e. The van der Waals surface area contributed by atoms with Gasteiger partial charge in [0.1, 0.15) is 17.4 Å². The van der Waals surface area contributed by atoms with Gasteiger partial charge in [-0.05, 0) is 61.4 Å². The summed E-state index contributed by atoms with van der Waals surface area (Å²) in [5.74, 6) is 1.86. The lowest BCUT2D eigenvalue weighted by molar-refractivity contribution is 0.340. The van der Waals surface area contributed by atoms with E-state index in [2.05, 4.69) is 20.6 Å². The number of hydrogen-bond acceptors (Lipinski definition) is 5. The first-order valence-corrected chi connectivity index (χ1v) is 8.54. The van der Waals surface area contributed by atoms with Gasteiger partial charge in [0.15, 0.2) is 0 Å². The zero-order valence-corrected chi connectivity index (χ0v) is 14.6. The van der Waals surface area contributed by atoms with E-state index < -0.39 is 0 Å². The molecular weight excluding hydrogens is 331 g/mol. The van der Waals surface area contributed by atoms with Crippen LogP contribution in [0, 0.1) is 5.82 Å². The van der Waals surface area contributed by atoms with Gasteiger partial charge in [0, 0.05) is 18.4 Å². The molecule has 0 radical (unpaired) electrons. The highest BCUT2D eigenvalue weighted by atomic mass is 19.1. The average Bonchev–Trinajstić information content (AvgIpc) is 2.66. The molecule has 0 fully saturated rings. The molecular formula is C20H21FN4O. The molecule has 0 saturated heterocycles. The summed E-state index contributed by atoms with van der Waals surface area (Å²) >= 11 is 0. The standard InChI is InChI=1S/C20H21FN4O/c1-2-26-18-9-7-17(8-10-18)24-19-12-14-23-20(25-19)22-13-11-15-3-5-16(21)6-4-15/h3-10,12,14H,2,11,13H2,1H3,(H2,22,23,24,25). The molecule has 26 heavy (non-hydrogen) atoms. The monoisotopic (exact) mass is 352 g/mol. The van der Waals surface area contributed by atoms with Crippen LogP contribution < -0.4 is 15.4 Å². The van der Waals surface area contributed by atoms with Crippen LogP contribution in [-0.4, -0.2) is 23.1 Å². The van der Waals surface area contributed by atoms with Crippen molar-refractivity contribution >= 4 is 17.5 Å². The van der Waals surface area contributed by atoms with Gasteiger partial charge in [-0.15, -0.1) is 0 Å². The summed E-state index contributed by atoms with van der Waals surface area (Å²) in [6.07, 6.45) is 2.46. The van der Waals surface area contributed by atoms with Crippen LogP contribution in [0.1, 0.15) is 12.5 Å². The number of halogens is 1. The number of aromatic nitrogens is 2. The predicted octanol–water partition coefficient (Wildman–Crippen LogP) is 4.41. The second kappa shape index (κ2) is 8.80. The number of rotatable bonds is 8. The fraction of sp³-hybridized carbons (Fsp3) is 0.200. The third-order valence-electron chi connectivity index (χ3n) is 3.70. The topological polar surface area (TPSA) is 59.1 Å². The summed E-state index contributed by atoms with van der Waals surface area (Å²) in [6, 6.07) is 16.0. The molecule has 134 valence electrons. The number of nitrogens with zero attached hydrogens (tertiary/aromatic N) is 2. The van der Waals surface area contributed by atoms with Crippen LogP contribution in [0.2, 0.25) is 0 Å². The fourth-order valence-corrected chi connectivity index (χ4v) is 2.43. The Kier molecular flexibility index (Phi) is 5.98. The number of hydrogen-bond donors (Lipinski definition) is 2. The quantitative estimate of drug-likeness (QED) is 0.629. The van der Waals surface area contributed by atoms with Gasteiger partial charge >= 0.3 is 0 Å². The van der Waals surface area contributed by atoms with Crippen molar-refractivity contribution in [1.82, 2.24) is 9.97 Å². The molecule has 5 nitrogen and oxygen atoms in total.